The van der Waals surface area contributed by atoms with Crippen LogP contribution in [0.15, 0.2) is 0 Å². The molecule has 12 heavy (non-hydrogen) atoms. The molecule has 1 unspecified atom stereocenters. The van der Waals surface area contributed by atoms with Crippen LogP contribution in [0.25, 0.3) is 0 Å². The summed E-state index contributed by atoms with van der Waals surface area (Å²) >= 11 is 0. The lowest BCUT2D eigenvalue weighted by Gasteiger charge is -2.33. The predicted octanol–water partition coefficient (Wildman–Crippen LogP) is 1.19. The molecule has 3 nitrogen and oxygen atoms in total. The first kappa shape index (κ1) is 9.52. The van der Waals surface area contributed by atoms with Gasteiger partial charge in [-0.25, -0.2) is 0 Å². The zero-order chi connectivity index (χ0) is 9.35. The van der Waals surface area contributed by atoms with Crippen molar-refractivity contribution in [2.24, 2.45) is 5.92 Å². The van der Waals surface area contributed by atoms with Crippen molar-refractivity contribution in [3.05, 3.63) is 0 Å². The lowest BCUT2D eigenvalue weighted by atomic mass is 9.88. The second-order valence-corrected chi connectivity index (χ2v) is 3.91. The Labute approximate surface area is 73.4 Å². The lowest BCUT2D eigenvalue weighted by molar-refractivity contribution is -0.144. The van der Waals surface area contributed by atoms with E-state index in [9.17, 15) is 4.79 Å². The van der Waals surface area contributed by atoms with E-state index in [1.165, 1.54) is 0 Å². The van der Waals surface area contributed by atoms with E-state index in [4.69, 9.17) is 5.11 Å². The van der Waals surface area contributed by atoms with Crippen LogP contribution >= 0.6 is 0 Å². The highest BCUT2D eigenvalue weighted by atomic mass is 16.4. The first-order valence-corrected chi connectivity index (χ1v) is 4.48. The Balaban J connectivity index is 2.77. The molecule has 1 aliphatic heterocycles. The molecule has 1 rings (SSSR count). The van der Waals surface area contributed by atoms with Crippen molar-refractivity contribution in [1.29, 1.82) is 0 Å². The molecule has 1 aliphatic rings. The first-order chi connectivity index (χ1) is 5.50. The molecule has 0 amide bonds. The Morgan fingerprint density at radius 1 is 1.67 bits per heavy atom. The lowest BCUT2D eigenvalue weighted by Crippen LogP contribution is -2.44. The number of aliphatic carboxylic acids is 1. The van der Waals surface area contributed by atoms with Crippen molar-refractivity contribution in [1.82, 2.24) is 4.90 Å². The summed E-state index contributed by atoms with van der Waals surface area (Å²) in [6.45, 7) is 7.97. The maximum absolute atomic E-state index is 10.9. The Kier molecular flexibility index (Phi) is 2.42. The van der Waals surface area contributed by atoms with Crippen LogP contribution < -0.4 is 0 Å². The minimum atomic E-state index is -0.657. The number of carboxylic acids is 1. The van der Waals surface area contributed by atoms with Gasteiger partial charge in [0.25, 0.3) is 0 Å². The van der Waals surface area contributed by atoms with Crippen LogP contribution in [-0.2, 0) is 4.79 Å². The fraction of sp³-hybridized carbons (Fsp3) is 0.889. The van der Waals surface area contributed by atoms with E-state index in [0.717, 1.165) is 19.5 Å². The average Bonchev–Trinajstić information content (AvgIpc) is 2.24. The molecule has 1 heterocycles. The number of rotatable bonds is 2. The van der Waals surface area contributed by atoms with Crippen molar-refractivity contribution < 1.29 is 9.90 Å². The Bertz CT molecular complexity index is 189. The van der Waals surface area contributed by atoms with Crippen molar-refractivity contribution in [2.45, 2.75) is 32.7 Å². The van der Waals surface area contributed by atoms with E-state index < -0.39 is 5.97 Å². The molecule has 1 saturated heterocycles. The van der Waals surface area contributed by atoms with Gasteiger partial charge in [0.1, 0.15) is 0 Å². The smallest absolute Gasteiger partial charge is 0.308 e. The molecule has 3 heteroatoms. The third-order valence-corrected chi connectivity index (χ3v) is 3.04. The number of likely N-dealkylation sites (tertiary alicyclic amines) is 1. The molecule has 0 aromatic heterocycles. The zero-order valence-corrected chi connectivity index (χ0v) is 8.00. The molecule has 1 N–H and O–H groups in total. The second kappa shape index (κ2) is 3.05. The van der Waals surface area contributed by atoms with Crippen molar-refractivity contribution in [3.8, 4) is 0 Å². The van der Waals surface area contributed by atoms with E-state index in [2.05, 4.69) is 11.8 Å². The Morgan fingerprint density at radius 3 is 2.50 bits per heavy atom. The SMILES string of the molecule is CCN1CCC(C(=O)O)C1(C)C. The second-order valence-electron chi connectivity index (χ2n) is 3.91. The van der Waals surface area contributed by atoms with Crippen LogP contribution in [-0.4, -0.2) is 34.6 Å². The third kappa shape index (κ3) is 1.33. The molecular formula is C9H17NO2. The highest BCUT2D eigenvalue weighted by molar-refractivity contribution is 5.72. The van der Waals surface area contributed by atoms with Gasteiger partial charge < -0.3 is 5.11 Å². The summed E-state index contributed by atoms with van der Waals surface area (Å²) in [5.41, 5.74) is -0.166. The average molecular weight is 171 g/mol. The number of carboxylic acid groups (broad SMARTS) is 1. The van der Waals surface area contributed by atoms with Crippen molar-refractivity contribution >= 4 is 5.97 Å². The molecule has 0 aromatic carbocycles. The summed E-state index contributed by atoms with van der Waals surface area (Å²) in [5.74, 6) is -0.853. The summed E-state index contributed by atoms with van der Waals surface area (Å²) in [6, 6.07) is 0. The minimum Gasteiger partial charge on any atom is -0.481 e. The minimum absolute atomic E-state index is 0.166. The molecule has 0 saturated carbocycles. The maximum Gasteiger partial charge on any atom is 0.308 e. The number of nitrogens with zero attached hydrogens (tertiary/aromatic N) is 1. The van der Waals surface area contributed by atoms with Crippen LogP contribution in [0.4, 0.5) is 0 Å². The number of carbonyl (C=O) groups is 1. The zero-order valence-electron chi connectivity index (χ0n) is 8.00. The predicted molar refractivity (Wildman–Crippen MR) is 47.1 cm³/mol. The van der Waals surface area contributed by atoms with E-state index in [0.29, 0.717) is 0 Å². The van der Waals surface area contributed by atoms with Crippen LogP contribution in [0.2, 0.25) is 0 Å². The topological polar surface area (TPSA) is 40.5 Å². The summed E-state index contributed by atoms with van der Waals surface area (Å²) in [7, 11) is 0. The van der Waals surface area contributed by atoms with Gasteiger partial charge in [-0.3, -0.25) is 9.69 Å². The highest BCUT2D eigenvalue weighted by Gasteiger charge is 2.44. The van der Waals surface area contributed by atoms with Gasteiger partial charge in [0, 0.05) is 5.54 Å². The molecule has 0 radical (unpaired) electrons. The molecule has 1 fully saturated rings. The summed E-state index contributed by atoms with van der Waals surface area (Å²) in [6.07, 6.45) is 0.788. The van der Waals surface area contributed by atoms with Crippen LogP contribution in [0.3, 0.4) is 0 Å². The Morgan fingerprint density at radius 2 is 2.25 bits per heavy atom. The van der Waals surface area contributed by atoms with Gasteiger partial charge in [0.15, 0.2) is 0 Å². The van der Waals surface area contributed by atoms with Gasteiger partial charge in [-0.2, -0.15) is 0 Å². The molecule has 0 bridgehead atoms. The fourth-order valence-corrected chi connectivity index (χ4v) is 2.14. The van der Waals surface area contributed by atoms with Crippen LogP contribution in [0.5, 0.6) is 0 Å². The van der Waals surface area contributed by atoms with Gasteiger partial charge in [0.2, 0.25) is 0 Å². The molecule has 0 aliphatic carbocycles. The highest BCUT2D eigenvalue weighted by Crippen LogP contribution is 2.34. The molecule has 1 atom stereocenters. The number of hydrogen-bond acceptors (Lipinski definition) is 2. The van der Waals surface area contributed by atoms with E-state index in [1.807, 2.05) is 13.8 Å². The van der Waals surface area contributed by atoms with Gasteiger partial charge in [-0.15, -0.1) is 0 Å². The van der Waals surface area contributed by atoms with Crippen molar-refractivity contribution in [2.75, 3.05) is 13.1 Å². The van der Waals surface area contributed by atoms with Gasteiger partial charge >= 0.3 is 5.97 Å². The normalized spacial score (nSPS) is 29.1. The fourth-order valence-electron chi connectivity index (χ4n) is 2.14. The molecule has 70 valence electrons. The van der Waals surface area contributed by atoms with Gasteiger partial charge in [-0.1, -0.05) is 6.92 Å². The van der Waals surface area contributed by atoms with Gasteiger partial charge in [0.05, 0.1) is 5.92 Å². The summed E-state index contributed by atoms with van der Waals surface area (Å²) in [5, 5.41) is 8.94. The van der Waals surface area contributed by atoms with Crippen LogP contribution in [0.1, 0.15) is 27.2 Å². The largest absolute Gasteiger partial charge is 0.481 e. The van der Waals surface area contributed by atoms with Gasteiger partial charge in [-0.05, 0) is 33.4 Å². The maximum atomic E-state index is 10.9. The van der Waals surface area contributed by atoms with E-state index in [1.54, 1.807) is 0 Å². The van der Waals surface area contributed by atoms with E-state index in [-0.39, 0.29) is 11.5 Å². The van der Waals surface area contributed by atoms with Crippen molar-refractivity contribution in [3.63, 3.8) is 0 Å². The first-order valence-electron chi connectivity index (χ1n) is 4.48. The monoisotopic (exact) mass is 171 g/mol. The standard InChI is InChI=1S/C9H17NO2/c1-4-10-6-5-7(8(11)12)9(10,2)3/h7H,4-6H2,1-3H3,(H,11,12). The van der Waals surface area contributed by atoms with E-state index >= 15 is 0 Å². The molecular weight excluding hydrogens is 154 g/mol. The third-order valence-electron chi connectivity index (χ3n) is 3.04. The Hall–Kier alpha value is -0.570. The summed E-state index contributed by atoms with van der Waals surface area (Å²) < 4.78 is 0. The number of hydrogen-bond donors (Lipinski definition) is 1. The quantitative estimate of drug-likeness (QED) is 0.678. The molecule has 0 aromatic rings. The molecule has 0 spiro atoms. The summed E-state index contributed by atoms with van der Waals surface area (Å²) in [4.78, 5) is 13.1. The van der Waals surface area contributed by atoms with Crippen LogP contribution in [0, 0.1) is 5.92 Å².